The molecule has 5 nitrogen and oxygen atoms in total. The lowest BCUT2D eigenvalue weighted by atomic mass is 9.68. The van der Waals surface area contributed by atoms with Crippen LogP contribution in [0.2, 0.25) is 0 Å². The molecule has 3 rings (SSSR count). The van der Waals surface area contributed by atoms with Crippen molar-refractivity contribution in [3.8, 4) is 0 Å². The Morgan fingerprint density at radius 3 is 2.52 bits per heavy atom. The summed E-state index contributed by atoms with van der Waals surface area (Å²) in [5.74, 6) is 2.03. The molecule has 4 atom stereocenters. The quantitative estimate of drug-likeness (QED) is 0.835. The van der Waals surface area contributed by atoms with Crippen LogP contribution in [-0.2, 0) is 9.47 Å². The van der Waals surface area contributed by atoms with Crippen molar-refractivity contribution in [2.75, 3.05) is 6.61 Å². The second kappa shape index (κ2) is 6.25. The number of amides is 1. The molecule has 23 heavy (non-hydrogen) atoms. The number of hydrogen-bond donors (Lipinski definition) is 2. The second-order valence-electron chi connectivity index (χ2n) is 8.82. The summed E-state index contributed by atoms with van der Waals surface area (Å²) in [5.41, 5.74) is -0.458. The molecule has 132 valence electrons. The zero-order valence-electron chi connectivity index (χ0n) is 15.1. The van der Waals surface area contributed by atoms with Crippen LogP contribution in [0.4, 0.5) is 4.79 Å². The topological polar surface area (TPSA) is 59.6 Å². The maximum atomic E-state index is 12.1. The Morgan fingerprint density at radius 1 is 1.22 bits per heavy atom. The molecule has 0 aromatic carbocycles. The highest BCUT2D eigenvalue weighted by molar-refractivity contribution is 5.68. The molecule has 3 fully saturated rings. The third-order valence-electron chi connectivity index (χ3n) is 5.61. The zero-order chi connectivity index (χ0) is 16.8. The highest BCUT2D eigenvalue weighted by Gasteiger charge is 2.55. The van der Waals surface area contributed by atoms with Crippen LogP contribution < -0.4 is 10.6 Å². The van der Waals surface area contributed by atoms with E-state index in [-0.39, 0.29) is 24.3 Å². The lowest BCUT2D eigenvalue weighted by Gasteiger charge is -2.51. The maximum absolute atomic E-state index is 12.1. The first kappa shape index (κ1) is 17.0. The van der Waals surface area contributed by atoms with Gasteiger partial charge in [0.15, 0.2) is 0 Å². The highest BCUT2D eigenvalue weighted by Crippen LogP contribution is 2.41. The first-order valence-corrected chi connectivity index (χ1v) is 9.12. The van der Waals surface area contributed by atoms with Gasteiger partial charge in [0.05, 0.1) is 18.2 Å². The lowest BCUT2D eigenvalue weighted by Crippen LogP contribution is -2.72. The molecule has 2 aliphatic carbocycles. The second-order valence-corrected chi connectivity index (χ2v) is 8.82. The minimum absolute atomic E-state index is 0.135. The maximum Gasteiger partial charge on any atom is 0.407 e. The average molecular weight is 324 g/mol. The Bertz CT molecular complexity index is 440. The molecule has 1 heterocycles. The Morgan fingerprint density at radius 2 is 1.91 bits per heavy atom. The van der Waals surface area contributed by atoms with E-state index in [0.717, 1.165) is 24.9 Å². The predicted octanol–water partition coefficient (Wildman–Crippen LogP) is 2.69. The van der Waals surface area contributed by atoms with E-state index in [1.165, 1.54) is 12.8 Å². The fourth-order valence-corrected chi connectivity index (χ4v) is 4.16. The van der Waals surface area contributed by atoms with Gasteiger partial charge in [0.25, 0.3) is 0 Å². The summed E-state index contributed by atoms with van der Waals surface area (Å²) in [5, 5.41) is 6.81. The van der Waals surface area contributed by atoms with Gasteiger partial charge in [0, 0.05) is 18.6 Å². The van der Waals surface area contributed by atoms with E-state index in [2.05, 4.69) is 24.5 Å². The van der Waals surface area contributed by atoms with Gasteiger partial charge in [-0.25, -0.2) is 4.79 Å². The predicted molar refractivity (Wildman–Crippen MR) is 89.3 cm³/mol. The number of alkyl carbamates (subject to hydrolysis) is 1. The van der Waals surface area contributed by atoms with Gasteiger partial charge in [-0.1, -0.05) is 13.8 Å². The van der Waals surface area contributed by atoms with Gasteiger partial charge in [-0.05, 0) is 51.9 Å². The van der Waals surface area contributed by atoms with Crippen molar-refractivity contribution in [1.29, 1.82) is 0 Å². The first-order chi connectivity index (χ1) is 10.7. The number of carbonyl (C=O) groups excluding carboxylic acids is 1. The van der Waals surface area contributed by atoms with Gasteiger partial charge >= 0.3 is 6.09 Å². The van der Waals surface area contributed by atoms with Gasteiger partial charge in [-0.3, -0.25) is 0 Å². The molecule has 2 saturated carbocycles. The lowest BCUT2D eigenvalue weighted by molar-refractivity contribution is -0.0451. The van der Waals surface area contributed by atoms with E-state index in [1.54, 1.807) is 0 Å². The van der Waals surface area contributed by atoms with Crippen LogP contribution in [0.5, 0.6) is 0 Å². The minimum Gasteiger partial charge on any atom is -0.444 e. The highest BCUT2D eigenvalue weighted by atomic mass is 16.6. The molecule has 4 unspecified atom stereocenters. The van der Waals surface area contributed by atoms with Crippen LogP contribution >= 0.6 is 0 Å². The van der Waals surface area contributed by atoms with Gasteiger partial charge in [-0.15, -0.1) is 0 Å². The molecule has 0 aromatic rings. The molecule has 3 aliphatic rings. The normalized spacial score (nSPS) is 39.4. The molecular weight excluding hydrogens is 292 g/mol. The molecule has 2 N–H and O–H groups in total. The molecule has 1 saturated heterocycles. The molecule has 5 heteroatoms. The van der Waals surface area contributed by atoms with Crippen LogP contribution in [0.25, 0.3) is 0 Å². The summed E-state index contributed by atoms with van der Waals surface area (Å²) in [7, 11) is 0. The van der Waals surface area contributed by atoms with Crippen molar-refractivity contribution in [3.05, 3.63) is 0 Å². The van der Waals surface area contributed by atoms with Crippen molar-refractivity contribution in [1.82, 2.24) is 10.6 Å². The number of carbonyl (C=O) groups is 1. The number of fused-ring (bicyclic) bond motifs is 1. The Hall–Kier alpha value is -0.810. The van der Waals surface area contributed by atoms with Crippen molar-refractivity contribution >= 4 is 6.09 Å². The minimum atomic E-state index is -0.458. The number of ether oxygens (including phenoxy) is 2. The summed E-state index contributed by atoms with van der Waals surface area (Å²) in [6, 6.07) is 0.934. The summed E-state index contributed by atoms with van der Waals surface area (Å²) in [6.45, 7) is 11.1. The van der Waals surface area contributed by atoms with Gasteiger partial charge < -0.3 is 20.1 Å². The third-order valence-corrected chi connectivity index (χ3v) is 5.61. The van der Waals surface area contributed by atoms with Gasteiger partial charge in [0.2, 0.25) is 0 Å². The molecule has 1 aliphatic heterocycles. The molecule has 0 aromatic heterocycles. The van der Waals surface area contributed by atoms with Crippen LogP contribution in [0, 0.1) is 17.8 Å². The molecule has 0 radical (unpaired) electrons. The van der Waals surface area contributed by atoms with Crippen LogP contribution in [0.3, 0.4) is 0 Å². The SMILES string of the molecule is CC(C)C1CC(NC2C(NC(=O)OC(C)(C)C)C3CCOC32)C1. The van der Waals surface area contributed by atoms with Crippen LogP contribution in [0.1, 0.15) is 53.9 Å². The van der Waals surface area contributed by atoms with Crippen molar-refractivity contribution in [2.24, 2.45) is 17.8 Å². The van der Waals surface area contributed by atoms with E-state index in [9.17, 15) is 4.79 Å². The molecular formula is C18H32N2O3. The van der Waals surface area contributed by atoms with Gasteiger partial charge in [0.1, 0.15) is 5.60 Å². The van der Waals surface area contributed by atoms with E-state index in [1.807, 2.05) is 20.8 Å². The van der Waals surface area contributed by atoms with E-state index >= 15 is 0 Å². The number of rotatable bonds is 4. The standard InChI is InChI=1S/C18H32N2O3/c1-10(2)11-8-12(9-11)19-15-14(13-6-7-22-16(13)15)20-17(21)23-18(3,4)5/h10-16,19H,6-9H2,1-5H3,(H,20,21). The molecule has 1 amide bonds. The smallest absolute Gasteiger partial charge is 0.407 e. The third kappa shape index (κ3) is 3.66. The van der Waals surface area contributed by atoms with Crippen molar-refractivity contribution < 1.29 is 14.3 Å². The van der Waals surface area contributed by atoms with Crippen LogP contribution in [0.15, 0.2) is 0 Å². The molecule has 0 spiro atoms. The largest absolute Gasteiger partial charge is 0.444 e. The van der Waals surface area contributed by atoms with Gasteiger partial charge in [-0.2, -0.15) is 0 Å². The average Bonchev–Trinajstić information content (AvgIpc) is 2.76. The zero-order valence-corrected chi connectivity index (χ0v) is 15.1. The fourth-order valence-electron chi connectivity index (χ4n) is 4.16. The van der Waals surface area contributed by atoms with E-state index in [0.29, 0.717) is 12.0 Å². The number of nitrogens with one attached hydrogen (secondary N) is 2. The van der Waals surface area contributed by atoms with Crippen molar-refractivity contribution in [3.63, 3.8) is 0 Å². The van der Waals surface area contributed by atoms with Crippen molar-refractivity contribution in [2.45, 2.75) is 83.7 Å². The monoisotopic (exact) mass is 324 g/mol. The fraction of sp³-hybridized carbons (Fsp3) is 0.944. The van der Waals surface area contributed by atoms with Crippen LogP contribution in [-0.4, -0.2) is 42.5 Å². The first-order valence-electron chi connectivity index (χ1n) is 9.12. The summed E-state index contributed by atoms with van der Waals surface area (Å²) < 4.78 is 11.3. The Labute approximate surface area is 139 Å². The van der Waals surface area contributed by atoms with E-state index < -0.39 is 5.60 Å². The summed E-state index contributed by atoms with van der Waals surface area (Å²) in [4.78, 5) is 12.1. The summed E-state index contributed by atoms with van der Waals surface area (Å²) in [6.07, 6.45) is 3.46. The van der Waals surface area contributed by atoms with E-state index in [4.69, 9.17) is 9.47 Å². The Balaban J connectivity index is 1.52. The summed E-state index contributed by atoms with van der Waals surface area (Å²) >= 11 is 0. The number of hydrogen-bond acceptors (Lipinski definition) is 4. The Kier molecular flexibility index (Phi) is 4.62. The molecule has 0 bridgehead atoms.